The quantitative estimate of drug-likeness (QED) is 0.568. The molecule has 1 aliphatic rings. The first kappa shape index (κ1) is 20.8. The van der Waals surface area contributed by atoms with Crippen molar-refractivity contribution in [3.8, 4) is 11.4 Å². The highest BCUT2D eigenvalue weighted by atomic mass is 16.5. The standard InChI is InChI=1S/C24H26N4O3/c1-16-10-12-19(13-11-16)22-26-23(31-27-22)20-17(2)28(14-7-15-30-3)24(29)25-21(20)18-8-5-4-6-9-18/h4-6,8-13,21H,7,14-15H2,1-3H3,(H,25,29). The van der Waals surface area contributed by atoms with Crippen molar-refractivity contribution in [3.05, 3.63) is 77.3 Å². The van der Waals surface area contributed by atoms with E-state index in [2.05, 4.69) is 15.5 Å². The van der Waals surface area contributed by atoms with E-state index in [1.165, 1.54) is 0 Å². The molecule has 0 aliphatic carbocycles. The molecule has 1 unspecified atom stereocenters. The predicted octanol–water partition coefficient (Wildman–Crippen LogP) is 4.58. The summed E-state index contributed by atoms with van der Waals surface area (Å²) < 4.78 is 10.8. The van der Waals surface area contributed by atoms with Crippen LogP contribution in [0.25, 0.3) is 17.0 Å². The number of nitrogens with zero attached hydrogens (tertiary/aromatic N) is 3. The van der Waals surface area contributed by atoms with E-state index in [1.54, 1.807) is 12.0 Å². The average Bonchev–Trinajstić information content (AvgIpc) is 3.26. The zero-order chi connectivity index (χ0) is 21.8. The van der Waals surface area contributed by atoms with Crippen LogP contribution in [0.3, 0.4) is 0 Å². The van der Waals surface area contributed by atoms with Crippen molar-refractivity contribution in [1.29, 1.82) is 0 Å². The van der Waals surface area contributed by atoms with E-state index in [1.807, 2.05) is 68.4 Å². The monoisotopic (exact) mass is 418 g/mol. The highest BCUT2D eigenvalue weighted by Gasteiger charge is 2.35. The summed E-state index contributed by atoms with van der Waals surface area (Å²) in [6, 6.07) is 17.3. The molecule has 2 aromatic carbocycles. The number of nitrogens with one attached hydrogen (secondary N) is 1. The second-order valence-corrected chi connectivity index (χ2v) is 7.58. The molecular weight excluding hydrogens is 392 g/mol. The number of rotatable bonds is 7. The molecule has 1 atom stereocenters. The lowest BCUT2D eigenvalue weighted by Gasteiger charge is -2.35. The van der Waals surface area contributed by atoms with E-state index >= 15 is 0 Å². The van der Waals surface area contributed by atoms with Gasteiger partial charge in [-0.25, -0.2) is 4.79 Å². The van der Waals surface area contributed by atoms with Gasteiger partial charge in [0.2, 0.25) is 5.82 Å². The Balaban J connectivity index is 1.75. The fourth-order valence-corrected chi connectivity index (χ4v) is 3.74. The first-order valence-corrected chi connectivity index (χ1v) is 10.3. The number of benzene rings is 2. The summed E-state index contributed by atoms with van der Waals surface area (Å²) in [6.45, 7) is 5.07. The lowest BCUT2D eigenvalue weighted by molar-refractivity contribution is 0.174. The Kier molecular flexibility index (Phi) is 6.13. The SMILES string of the molecule is COCCCN1C(=O)NC(c2ccccc2)C(c2nc(-c3ccc(C)cc3)no2)=C1C. The number of amides is 2. The number of carbonyl (C=O) groups is 1. The third-order valence-corrected chi connectivity index (χ3v) is 5.43. The molecule has 0 bridgehead atoms. The lowest BCUT2D eigenvalue weighted by Crippen LogP contribution is -2.46. The first-order chi connectivity index (χ1) is 15.1. The number of carbonyl (C=O) groups excluding carboxylic acids is 1. The van der Waals surface area contributed by atoms with E-state index in [0.717, 1.165) is 34.4 Å². The summed E-state index contributed by atoms with van der Waals surface area (Å²) in [6.07, 6.45) is 0.725. The van der Waals surface area contributed by atoms with Crippen molar-refractivity contribution in [3.63, 3.8) is 0 Å². The Morgan fingerprint density at radius 1 is 1.10 bits per heavy atom. The second-order valence-electron chi connectivity index (χ2n) is 7.58. The number of urea groups is 1. The molecule has 3 aromatic rings. The highest BCUT2D eigenvalue weighted by molar-refractivity contribution is 5.86. The molecule has 2 heterocycles. The van der Waals surface area contributed by atoms with Gasteiger partial charge in [-0.2, -0.15) is 4.98 Å². The fourth-order valence-electron chi connectivity index (χ4n) is 3.74. The normalized spacial score (nSPS) is 16.5. The smallest absolute Gasteiger partial charge is 0.322 e. The molecule has 0 spiro atoms. The van der Waals surface area contributed by atoms with E-state index in [-0.39, 0.29) is 12.1 Å². The molecule has 1 N–H and O–H groups in total. The molecule has 0 saturated heterocycles. The van der Waals surface area contributed by atoms with E-state index in [9.17, 15) is 4.79 Å². The van der Waals surface area contributed by atoms with Crippen molar-refractivity contribution < 1.29 is 14.1 Å². The minimum absolute atomic E-state index is 0.149. The molecule has 1 aliphatic heterocycles. The largest absolute Gasteiger partial charge is 0.385 e. The number of allylic oxidation sites excluding steroid dienone is 1. The summed E-state index contributed by atoms with van der Waals surface area (Å²) in [5.74, 6) is 0.920. The van der Waals surface area contributed by atoms with Crippen LogP contribution in [-0.2, 0) is 4.74 Å². The van der Waals surface area contributed by atoms with Crippen molar-refractivity contribution in [2.45, 2.75) is 26.3 Å². The van der Waals surface area contributed by atoms with Gasteiger partial charge in [0.05, 0.1) is 11.6 Å². The van der Waals surface area contributed by atoms with Crippen LogP contribution < -0.4 is 5.32 Å². The zero-order valence-electron chi connectivity index (χ0n) is 18.0. The zero-order valence-corrected chi connectivity index (χ0v) is 18.0. The topological polar surface area (TPSA) is 80.5 Å². The van der Waals surface area contributed by atoms with Crippen molar-refractivity contribution in [2.24, 2.45) is 0 Å². The molecule has 31 heavy (non-hydrogen) atoms. The maximum absolute atomic E-state index is 12.9. The van der Waals surface area contributed by atoms with E-state index in [0.29, 0.717) is 24.9 Å². The number of aryl methyl sites for hydroxylation is 1. The van der Waals surface area contributed by atoms with Gasteiger partial charge in [-0.1, -0.05) is 65.3 Å². The number of methoxy groups -OCH3 is 1. The molecular formula is C24H26N4O3. The van der Waals surface area contributed by atoms with Crippen LogP contribution in [0.2, 0.25) is 0 Å². The van der Waals surface area contributed by atoms with Crippen molar-refractivity contribution in [2.75, 3.05) is 20.3 Å². The number of aromatic nitrogens is 2. The van der Waals surface area contributed by atoms with Gasteiger partial charge < -0.3 is 14.6 Å². The van der Waals surface area contributed by atoms with E-state index in [4.69, 9.17) is 9.26 Å². The van der Waals surface area contributed by atoms with Gasteiger partial charge in [-0.3, -0.25) is 4.90 Å². The Bertz CT molecular complexity index is 1070. The average molecular weight is 418 g/mol. The Morgan fingerprint density at radius 2 is 1.84 bits per heavy atom. The highest BCUT2D eigenvalue weighted by Crippen LogP contribution is 2.37. The molecule has 4 rings (SSSR count). The van der Waals surface area contributed by atoms with Crippen molar-refractivity contribution >= 4 is 11.6 Å². The van der Waals surface area contributed by atoms with Gasteiger partial charge in [0.25, 0.3) is 5.89 Å². The van der Waals surface area contributed by atoms with Crippen LogP contribution in [-0.4, -0.2) is 41.3 Å². The second kappa shape index (κ2) is 9.14. The van der Waals surface area contributed by atoms with Crippen molar-refractivity contribution in [1.82, 2.24) is 20.4 Å². The lowest BCUT2D eigenvalue weighted by atomic mass is 9.94. The number of ether oxygens (including phenoxy) is 1. The summed E-state index contributed by atoms with van der Waals surface area (Å²) in [7, 11) is 1.65. The maximum Gasteiger partial charge on any atom is 0.322 e. The predicted molar refractivity (Wildman–Crippen MR) is 118 cm³/mol. The Hall–Kier alpha value is -3.45. The molecule has 1 aromatic heterocycles. The molecule has 160 valence electrons. The van der Waals surface area contributed by atoms with E-state index < -0.39 is 0 Å². The van der Waals surface area contributed by atoms with Gasteiger partial charge in [-0.05, 0) is 25.8 Å². The van der Waals surface area contributed by atoms with Gasteiger partial charge in [0.1, 0.15) is 0 Å². The van der Waals surface area contributed by atoms with Gasteiger partial charge >= 0.3 is 6.03 Å². The number of hydrogen-bond donors (Lipinski definition) is 1. The molecule has 7 nitrogen and oxygen atoms in total. The van der Waals surface area contributed by atoms with Crippen LogP contribution in [0.1, 0.15) is 36.4 Å². The minimum Gasteiger partial charge on any atom is -0.385 e. The molecule has 0 saturated carbocycles. The maximum atomic E-state index is 12.9. The molecule has 0 radical (unpaired) electrons. The summed E-state index contributed by atoms with van der Waals surface area (Å²) in [5.41, 5.74) is 4.60. The Morgan fingerprint density at radius 3 is 2.55 bits per heavy atom. The number of hydrogen-bond acceptors (Lipinski definition) is 5. The van der Waals surface area contributed by atoms with Gasteiger partial charge in [-0.15, -0.1) is 0 Å². The van der Waals surface area contributed by atoms with Crippen LogP contribution in [0.5, 0.6) is 0 Å². The third kappa shape index (κ3) is 4.36. The Labute approximate surface area is 181 Å². The summed E-state index contributed by atoms with van der Waals surface area (Å²) in [4.78, 5) is 19.3. The van der Waals surface area contributed by atoms with Crippen LogP contribution in [0.4, 0.5) is 4.79 Å². The summed E-state index contributed by atoms with van der Waals surface area (Å²) in [5, 5.41) is 7.31. The molecule has 2 amide bonds. The van der Waals surface area contributed by atoms with Gasteiger partial charge in [0.15, 0.2) is 0 Å². The van der Waals surface area contributed by atoms with Crippen LogP contribution in [0, 0.1) is 6.92 Å². The van der Waals surface area contributed by atoms with Gasteiger partial charge in [0, 0.05) is 31.5 Å². The molecule has 0 fully saturated rings. The van der Waals surface area contributed by atoms with Crippen LogP contribution >= 0.6 is 0 Å². The fraction of sp³-hybridized carbons (Fsp3) is 0.292. The van der Waals surface area contributed by atoms with Crippen LogP contribution in [0.15, 0.2) is 64.8 Å². The first-order valence-electron chi connectivity index (χ1n) is 10.3. The minimum atomic E-state index is -0.376. The summed E-state index contributed by atoms with van der Waals surface area (Å²) >= 11 is 0. The molecule has 7 heteroatoms. The third-order valence-electron chi connectivity index (χ3n) is 5.43.